The zero-order valence-corrected chi connectivity index (χ0v) is 39.6. The summed E-state index contributed by atoms with van der Waals surface area (Å²) in [4.78, 5) is 0. The van der Waals surface area contributed by atoms with E-state index in [0.29, 0.717) is 5.41 Å². The van der Waals surface area contributed by atoms with Crippen molar-refractivity contribution in [3.8, 4) is 12.8 Å². The van der Waals surface area contributed by atoms with Crippen LogP contribution in [0.3, 0.4) is 0 Å². The van der Waals surface area contributed by atoms with Gasteiger partial charge in [-0.1, -0.05) is 192 Å². The molecule has 1 aromatic carbocycles. The zero-order chi connectivity index (χ0) is 43.1. The number of aryl methyl sites for hydroxylation is 3. The van der Waals surface area contributed by atoms with Gasteiger partial charge in [-0.3, -0.25) is 4.39 Å². The van der Waals surface area contributed by atoms with E-state index in [1.54, 1.807) is 5.57 Å². The minimum Gasteiger partial charge on any atom is -0.250 e. The molecule has 3 atom stereocenters. The van der Waals surface area contributed by atoms with Crippen LogP contribution in [-0.4, -0.2) is 6.67 Å². The lowest BCUT2D eigenvalue weighted by atomic mass is 9.67. The first-order valence-electron chi connectivity index (χ1n) is 21.9. The Hall–Kier alpha value is -2.59. The standard InChI is InChI=1S/C19H31F.C17H34.C10H14.C3H8.C2H6.C2H2/c1-6-16(3)11-8-9-14-19(15-20)18(5)13-10-12-17(4)7-2;1-8-11-17(7,10-3)16(12-14(4)5)13-15(6)9-2;1-4-10-6-5-8(2)7-9(10)3;1-3-2;2*1-2/h10,12-13,19H,3-4,6-9,11,14-15H2,1-2,5H3;9,14,16H,8,10-13H2,1-7H3;5-7H,4H2,1-3H3;3H2,1-2H3;1-2H3;1-2H/b12-10-,18-13+;15-9+;;;;. The Morgan fingerprint density at radius 2 is 1.50 bits per heavy atom. The van der Waals surface area contributed by atoms with Crippen molar-refractivity contribution in [2.45, 2.75) is 201 Å². The van der Waals surface area contributed by atoms with Crippen LogP contribution in [0.2, 0.25) is 0 Å². The van der Waals surface area contributed by atoms with E-state index in [2.05, 4.69) is 147 Å². The molecule has 0 heterocycles. The second-order valence-electron chi connectivity index (χ2n) is 15.4. The Balaban J connectivity index is -0.000000212. The Labute approximate surface area is 341 Å². The molecule has 0 N–H and O–H groups in total. The van der Waals surface area contributed by atoms with E-state index >= 15 is 0 Å². The van der Waals surface area contributed by atoms with Gasteiger partial charge in [0, 0.05) is 5.92 Å². The van der Waals surface area contributed by atoms with Crippen molar-refractivity contribution >= 4 is 0 Å². The maximum absolute atomic E-state index is 13.1. The molecule has 0 bridgehead atoms. The fourth-order valence-electron chi connectivity index (χ4n) is 6.13. The van der Waals surface area contributed by atoms with Gasteiger partial charge in [-0.25, -0.2) is 0 Å². The molecule has 0 aliphatic heterocycles. The van der Waals surface area contributed by atoms with Crippen LogP contribution < -0.4 is 0 Å². The van der Waals surface area contributed by atoms with Gasteiger partial charge in [-0.2, -0.15) is 0 Å². The van der Waals surface area contributed by atoms with Crippen LogP contribution in [0, 0.1) is 49.9 Å². The minimum absolute atomic E-state index is 0.0597. The Kier molecular flexibility index (Phi) is 46.7. The highest BCUT2D eigenvalue weighted by molar-refractivity contribution is 5.30. The average Bonchev–Trinajstić information content (AvgIpc) is 3.16. The van der Waals surface area contributed by atoms with Crippen LogP contribution in [0.25, 0.3) is 0 Å². The summed E-state index contributed by atoms with van der Waals surface area (Å²) in [5, 5.41) is 0. The van der Waals surface area contributed by atoms with Crippen LogP contribution >= 0.6 is 0 Å². The number of benzene rings is 1. The van der Waals surface area contributed by atoms with Gasteiger partial charge in [0.2, 0.25) is 0 Å². The summed E-state index contributed by atoms with van der Waals surface area (Å²) in [6.07, 6.45) is 31.6. The monoisotopic (exact) mass is 751 g/mol. The number of alkyl halides is 1. The fourth-order valence-corrected chi connectivity index (χ4v) is 6.13. The number of halogens is 1. The van der Waals surface area contributed by atoms with Gasteiger partial charge in [0.1, 0.15) is 0 Å². The molecule has 3 unspecified atom stereocenters. The van der Waals surface area contributed by atoms with Crippen LogP contribution in [0.15, 0.2) is 78.0 Å². The Bertz CT molecular complexity index is 1120. The lowest BCUT2D eigenvalue weighted by Gasteiger charge is -2.38. The van der Waals surface area contributed by atoms with Gasteiger partial charge < -0.3 is 0 Å². The number of hydrogen-bond acceptors (Lipinski definition) is 0. The highest BCUT2D eigenvalue weighted by atomic mass is 19.1. The fraction of sp³-hybridized carbons (Fsp3) is 0.660. The molecule has 54 heavy (non-hydrogen) atoms. The maximum Gasteiger partial charge on any atom is 0.0959 e. The highest BCUT2D eigenvalue weighted by Crippen LogP contribution is 2.42. The summed E-state index contributed by atoms with van der Waals surface area (Å²) in [6.45, 7) is 45.0. The zero-order valence-electron chi connectivity index (χ0n) is 39.6. The average molecular weight is 751 g/mol. The second kappa shape index (κ2) is 41.6. The molecule has 0 aromatic heterocycles. The number of allylic oxidation sites excluding steroid dienone is 8. The van der Waals surface area contributed by atoms with Gasteiger partial charge >= 0.3 is 0 Å². The number of unbranched alkanes of at least 4 members (excludes halogenated alkanes) is 1. The third-order valence-corrected chi connectivity index (χ3v) is 10.1. The van der Waals surface area contributed by atoms with Gasteiger partial charge in [0.25, 0.3) is 0 Å². The Morgan fingerprint density at radius 1 is 0.926 bits per heavy atom. The lowest BCUT2D eigenvalue weighted by molar-refractivity contribution is 0.134. The third kappa shape index (κ3) is 33.9. The molecule has 0 saturated heterocycles. The molecule has 1 rings (SSSR count). The summed E-state index contributed by atoms with van der Waals surface area (Å²) in [5.41, 5.74) is 9.86. The summed E-state index contributed by atoms with van der Waals surface area (Å²) < 4.78 is 13.1. The van der Waals surface area contributed by atoms with E-state index in [1.165, 1.54) is 60.8 Å². The topological polar surface area (TPSA) is 0 Å². The largest absolute Gasteiger partial charge is 0.250 e. The predicted octanol–water partition coefficient (Wildman–Crippen LogP) is 18.3. The van der Waals surface area contributed by atoms with Crippen molar-refractivity contribution in [2.24, 2.45) is 23.2 Å². The number of hydrogen-bond donors (Lipinski definition) is 0. The van der Waals surface area contributed by atoms with E-state index in [4.69, 9.17) is 0 Å². The minimum atomic E-state index is -0.264. The first-order valence-corrected chi connectivity index (χ1v) is 21.9. The number of terminal acetylenes is 1. The molecule has 1 heteroatoms. The smallest absolute Gasteiger partial charge is 0.0959 e. The quantitative estimate of drug-likeness (QED) is 0.0539. The number of rotatable bonds is 20. The SMILES string of the molecule is C#C.C/C=C(\C)CC(CC(C)C)C(C)(CC)CCC.C=C(/C=C\C=C(/C)C(CF)CCCCC(=C)CC)CC.CC.CCC.CCc1ccc(C)cc1C. The van der Waals surface area contributed by atoms with Crippen molar-refractivity contribution in [3.05, 3.63) is 94.6 Å². The molecule has 0 aliphatic carbocycles. The molecular formula is C53H95F. The molecule has 0 fully saturated rings. The van der Waals surface area contributed by atoms with Crippen LogP contribution in [0.4, 0.5) is 4.39 Å². The van der Waals surface area contributed by atoms with Gasteiger partial charge in [-0.05, 0) is 121 Å². The normalized spacial score (nSPS) is 13.1. The molecular weight excluding hydrogens is 656 g/mol. The molecule has 1 aromatic rings. The highest BCUT2D eigenvalue weighted by Gasteiger charge is 2.31. The van der Waals surface area contributed by atoms with E-state index < -0.39 is 0 Å². The summed E-state index contributed by atoms with van der Waals surface area (Å²) in [6, 6.07) is 6.62. The molecule has 0 saturated carbocycles. The van der Waals surface area contributed by atoms with Crippen molar-refractivity contribution in [1.82, 2.24) is 0 Å². The summed E-state index contributed by atoms with van der Waals surface area (Å²) in [5.74, 6) is 1.72. The molecule has 314 valence electrons. The van der Waals surface area contributed by atoms with E-state index in [-0.39, 0.29) is 12.6 Å². The maximum atomic E-state index is 13.1. The van der Waals surface area contributed by atoms with Crippen molar-refractivity contribution in [1.29, 1.82) is 0 Å². The first-order chi connectivity index (χ1) is 25.6. The molecule has 0 aliphatic rings. The summed E-state index contributed by atoms with van der Waals surface area (Å²) in [7, 11) is 0. The predicted molar refractivity (Wildman–Crippen MR) is 252 cm³/mol. The first kappa shape index (κ1) is 60.7. The lowest BCUT2D eigenvalue weighted by Crippen LogP contribution is -2.28. The molecule has 0 radical (unpaired) electrons. The van der Waals surface area contributed by atoms with Crippen molar-refractivity contribution < 1.29 is 4.39 Å². The van der Waals surface area contributed by atoms with E-state index in [9.17, 15) is 4.39 Å². The van der Waals surface area contributed by atoms with Crippen LogP contribution in [0.5, 0.6) is 0 Å². The molecule has 0 nitrogen and oxygen atoms in total. The van der Waals surface area contributed by atoms with Gasteiger partial charge in [-0.15, -0.1) is 12.8 Å². The van der Waals surface area contributed by atoms with E-state index in [0.717, 1.165) is 67.9 Å². The van der Waals surface area contributed by atoms with Gasteiger partial charge in [0.05, 0.1) is 6.67 Å². The van der Waals surface area contributed by atoms with Gasteiger partial charge in [0.15, 0.2) is 0 Å². The summed E-state index contributed by atoms with van der Waals surface area (Å²) >= 11 is 0. The van der Waals surface area contributed by atoms with Crippen molar-refractivity contribution in [3.63, 3.8) is 0 Å². The van der Waals surface area contributed by atoms with Crippen LogP contribution in [-0.2, 0) is 6.42 Å². The Morgan fingerprint density at radius 3 is 1.91 bits per heavy atom. The van der Waals surface area contributed by atoms with Crippen LogP contribution in [0.1, 0.15) is 198 Å². The van der Waals surface area contributed by atoms with E-state index in [1.807, 2.05) is 39.0 Å². The third-order valence-electron chi connectivity index (χ3n) is 10.1. The van der Waals surface area contributed by atoms with Crippen molar-refractivity contribution in [2.75, 3.05) is 6.67 Å². The molecule has 0 spiro atoms. The molecule has 0 amide bonds. The second-order valence-corrected chi connectivity index (χ2v) is 15.4.